The van der Waals surface area contributed by atoms with Crippen LogP contribution in [0.2, 0.25) is 5.02 Å². The van der Waals surface area contributed by atoms with Gasteiger partial charge in [-0.05, 0) is 35.2 Å². The number of aromatic nitrogens is 2. The van der Waals surface area contributed by atoms with E-state index >= 15 is 0 Å². The zero-order valence-electron chi connectivity index (χ0n) is 19.3. The number of hydrogen-bond donors (Lipinski definition) is 1. The van der Waals surface area contributed by atoms with Gasteiger partial charge in [-0.2, -0.15) is 4.98 Å². The second-order valence-corrected chi connectivity index (χ2v) is 10.6. The van der Waals surface area contributed by atoms with E-state index in [-0.39, 0.29) is 50.2 Å². The molecule has 8 nitrogen and oxygen atoms in total. The summed E-state index contributed by atoms with van der Waals surface area (Å²) in [6.07, 6.45) is 0. The fraction of sp³-hybridized carbons (Fsp3) is 0.304. The maximum Gasteiger partial charge on any atom is 0.263 e. The number of nitrogens with zero attached hydrogens (tertiary/aromatic N) is 2. The number of halogens is 2. The van der Waals surface area contributed by atoms with E-state index in [9.17, 15) is 8.42 Å². The third kappa shape index (κ3) is 5.84. The summed E-state index contributed by atoms with van der Waals surface area (Å²) in [4.78, 5) is 8.46. The molecular formula is C23H25Cl2N3O5S. The first kappa shape index (κ1) is 25.9. The molecule has 0 radical (unpaired) electrons. The predicted molar refractivity (Wildman–Crippen MR) is 132 cm³/mol. The minimum absolute atomic E-state index is 0.0229. The van der Waals surface area contributed by atoms with Gasteiger partial charge in [0.05, 0.1) is 30.0 Å². The van der Waals surface area contributed by atoms with Crippen molar-refractivity contribution in [3.63, 3.8) is 0 Å². The second kappa shape index (κ2) is 10.2. The van der Waals surface area contributed by atoms with Crippen LogP contribution in [0.5, 0.6) is 23.1 Å². The van der Waals surface area contributed by atoms with Gasteiger partial charge in [0.2, 0.25) is 5.75 Å². The van der Waals surface area contributed by atoms with Crippen molar-refractivity contribution in [1.29, 1.82) is 0 Å². The van der Waals surface area contributed by atoms with Crippen LogP contribution < -0.4 is 18.9 Å². The number of benzene rings is 2. The standard InChI is InChI=1S/C23H25Cl2N3O5S/c1-23(2,3)14-6-9-16(10-7-14)34(29,30)28-21-20(22(32-5)27-19(13-24)26-21)33-18-12-15(31-4)8-11-17(18)25/h6-12H,13H2,1-5H3,(H,26,27,28). The molecule has 0 amide bonds. The summed E-state index contributed by atoms with van der Waals surface area (Å²) in [5.41, 5.74) is 0.874. The van der Waals surface area contributed by atoms with Crippen LogP contribution in [0, 0.1) is 0 Å². The number of nitrogens with one attached hydrogen (secondary N) is 1. The van der Waals surface area contributed by atoms with Gasteiger partial charge in [0, 0.05) is 6.07 Å². The largest absolute Gasteiger partial charge is 0.497 e. The Balaban J connectivity index is 2.06. The van der Waals surface area contributed by atoms with E-state index < -0.39 is 10.0 Å². The second-order valence-electron chi connectivity index (χ2n) is 8.24. The van der Waals surface area contributed by atoms with Gasteiger partial charge in [0.25, 0.3) is 15.9 Å². The number of rotatable bonds is 8. The van der Waals surface area contributed by atoms with Crippen molar-refractivity contribution in [3.05, 3.63) is 58.9 Å². The third-order valence-corrected chi connectivity index (χ3v) is 6.71. The highest BCUT2D eigenvalue weighted by Crippen LogP contribution is 2.41. The molecule has 0 spiro atoms. The lowest BCUT2D eigenvalue weighted by atomic mass is 9.87. The van der Waals surface area contributed by atoms with Crippen molar-refractivity contribution in [2.24, 2.45) is 0 Å². The Morgan fingerprint density at radius 1 is 1.00 bits per heavy atom. The Bertz CT molecular complexity index is 1280. The molecule has 34 heavy (non-hydrogen) atoms. The maximum absolute atomic E-state index is 13.2. The highest BCUT2D eigenvalue weighted by atomic mass is 35.5. The molecule has 0 saturated heterocycles. The Morgan fingerprint density at radius 3 is 2.24 bits per heavy atom. The number of anilines is 1. The van der Waals surface area contributed by atoms with E-state index in [4.69, 9.17) is 37.4 Å². The number of hydrogen-bond acceptors (Lipinski definition) is 7. The molecule has 3 rings (SSSR count). The van der Waals surface area contributed by atoms with Crippen LogP contribution in [0.4, 0.5) is 5.82 Å². The summed E-state index contributed by atoms with van der Waals surface area (Å²) in [6.45, 7) is 6.13. The third-order valence-electron chi connectivity index (χ3n) is 4.81. The molecule has 0 aliphatic heterocycles. The molecule has 0 unspecified atom stereocenters. The van der Waals surface area contributed by atoms with Crippen molar-refractivity contribution >= 4 is 39.0 Å². The number of alkyl halides is 1. The lowest BCUT2D eigenvalue weighted by Crippen LogP contribution is -2.17. The normalized spacial score (nSPS) is 11.7. The van der Waals surface area contributed by atoms with E-state index in [0.29, 0.717) is 5.75 Å². The summed E-state index contributed by atoms with van der Waals surface area (Å²) < 4.78 is 45.3. The molecule has 0 saturated carbocycles. The Hall–Kier alpha value is -2.75. The van der Waals surface area contributed by atoms with E-state index in [2.05, 4.69) is 14.7 Å². The predicted octanol–water partition coefficient (Wildman–Crippen LogP) is 5.78. The van der Waals surface area contributed by atoms with Gasteiger partial charge < -0.3 is 14.2 Å². The maximum atomic E-state index is 13.2. The van der Waals surface area contributed by atoms with Crippen LogP contribution in [-0.2, 0) is 21.3 Å². The zero-order chi connectivity index (χ0) is 25.1. The topological polar surface area (TPSA) is 99.6 Å². The fourth-order valence-electron chi connectivity index (χ4n) is 2.95. The lowest BCUT2D eigenvalue weighted by Gasteiger charge is -2.19. The number of ether oxygens (including phenoxy) is 3. The monoisotopic (exact) mass is 525 g/mol. The van der Waals surface area contributed by atoms with Crippen molar-refractivity contribution in [1.82, 2.24) is 9.97 Å². The van der Waals surface area contributed by atoms with Gasteiger partial charge in [0.15, 0.2) is 5.82 Å². The van der Waals surface area contributed by atoms with Crippen molar-refractivity contribution < 1.29 is 22.6 Å². The Morgan fingerprint density at radius 2 is 1.68 bits per heavy atom. The van der Waals surface area contributed by atoms with E-state index in [1.54, 1.807) is 30.3 Å². The molecule has 0 atom stereocenters. The zero-order valence-corrected chi connectivity index (χ0v) is 21.7. The van der Waals surface area contributed by atoms with Crippen LogP contribution in [0.3, 0.4) is 0 Å². The number of sulfonamides is 1. The quantitative estimate of drug-likeness (QED) is 0.372. The smallest absolute Gasteiger partial charge is 0.263 e. The van der Waals surface area contributed by atoms with Crippen LogP contribution in [0.25, 0.3) is 0 Å². The number of methoxy groups -OCH3 is 2. The molecule has 0 bridgehead atoms. The van der Waals surface area contributed by atoms with Gasteiger partial charge in [0.1, 0.15) is 17.3 Å². The van der Waals surface area contributed by atoms with Gasteiger partial charge in [-0.25, -0.2) is 13.4 Å². The van der Waals surface area contributed by atoms with Crippen molar-refractivity contribution in [3.8, 4) is 23.1 Å². The van der Waals surface area contributed by atoms with Crippen LogP contribution >= 0.6 is 23.2 Å². The van der Waals surface area contributed by atoms with Crippen LogP contribution in [0.15, 0.2) is 47.4 Å². The fourth-order valence-corrected chi connectivity index (χ4v) is 4.23. The summed E-state index contributed by atoms with van der Waals surface area (Å²) in [5.74, 6) is 0.483. The van der Waals surface area contributed by atoms with Crippen LogP contribution in [-0.4, -0.2) is 32.6 Å². The van der Waals surface area contributed by atoms with E-state index in [1.165, 1.54) is 26.4 Å². The minimum Gasteiger partial charge on any atom is -0.497 e. The van der Waals surface area contributed by atoms with Gasteiger partial charge in [-0.3, -0.25) is 4.72 Å². The van der Waals surface area contributed by atoms with E-state index in [1.807, 2.05) is 20.8 Å². The molecule has 0 aliphatic rings. The highest BCUT2D eigenvalue weighted by Gasteiger charge is 2.25. The lowest BCUT2D eigenvalue weighted by molar-refractivity contribution is 0.360. The minimum atomic E-state index is -4.04. The summed E-state index contributed by atoms with van der Waals surface area (Å²) in [5, 5.41) is 0.260. The average Bonchev–Trinajstić information content (AvgIpc) is 2.80. The molecule has 1 N–H and O–H groups in total. The van der Waals surface area contributed by atoms with Gasteiger partial charge in [-0.1, -0.05) is 44.5 Å². The SMILES string of the molecule is COc1ccc(Cl)c(Oc2c(NS(=O)(=O)c3ccc(C(C)(C)C)cc3)nc(CCl)nc2OC)c1. The van der Waals surface area contributed by atoms with Gasteiger partial charge >= 0.3 is 0 Å². The van der Waals surface area contributed by atoms with E-state index in [0.717, 1.165) is 5.56 Å². The molecule has 2 aromatic carbocycles. The Kier molecular flexibility index (Phi) is 7.80. The van der Waals surface area contributed by atoms with Crippen molar-refractivity contribution in [2.45, 2.75) is 37.0 Å². The van der Waals surface area contributed by atoms with Crippen molar-refractivity contribution in [2.75, 3.05) is 18.9 Å². The molecule has 1 heterocycles. The summed E-state index contributed by atoms with van der Waals surface area (Å²) in [6, 6.07) is 11.4. The molecule has 1 aromatic heterocycles. The molecule has 182 valence electrons. The van der Waals surface area contributed by atoms with Gasteiger partial charge in [-0.15, -0.1) is 11.6 Å². The highest BCUT2D eigenvalue weighted by molar-refractivity contribution is 7.92. The molecular weight excluding hydrogens is 501 g/mol. The summed E-state index contributed by atoms with van der Waals surface area (Å²) >= 11 is 12.2. The first-order valence-corrected chi connectivity index (χ1v) is 12.5. The first-order chi connectivity index (χ1) is 16.0. The molecule has 3 aromatic rings. The average molecular weight is 526 g/mol. The molecule has 0 fully saturated rings. The first-order valence-electron chi connectivity index (χ1n) is 10.1. The molecule has 0 aliphatic carbocycles. The van der Waals surface area contributed by atoms with Crippen LogP contribution in [0.1, 0.15) is 32.2 Å². The summed E-state index contributed by atoms with van der Waals surface area (Å²) in [7, 11) is -1.18. The molecule has 11 heteroatoms. The Labute approximate surface area is 209 Å².